The van der Waals surface area contributed by atoms with E-state index in [0.717, 1.165) is 42.4 Å². The molecule has 3 aromatic heterocycles. The summed E-state index contributed by atoms with van der Waals surface area (Å²) in [5, 5.41) is 16.2. The second kappa shape index (κ2) is 10.7. The normalized spacial score (nSPS) is 13.4. The van der Waals surface area contributed by atoms with Gasteiger partial charge in [-0.15, -0.1) is 11.3 Å². The average molecular weight is 506 g/mol. The molecule has 0 saturated carbocycles. The van der Waals surface area contributed by atoms with Gasteiger partial charge in [0.1, 0.15) is 23.2 Å². The predicted octanol–water partition coefficient (Wildman–Crippen LogP) is 4.26. The average Bonchev–Trinajstić information content (AvgIpc) is 3.58. The summed E-state index contributed by atoms with van der Waals surface area (Å²) >= 11 is 1.55. The van der Waals surface area contributed by atoms with E-state index in [-0.39, 0.29) is 0 Å². The number of hydrogen-bond acceptors (Lipinski definition) is 10. The molecule has 1 fully saturated rings. The Balaban J connectivity index is 1.42. The van der Waals surface area contributed by atoms with Crippen LogP contribution in [0.25, 0.3) is 10.4 Å². The van der Waals surface area contributed by atoms with E-state index in [1.54, 1.807) is 22.9 Å². The minimum absolute atomic E-state index is 0.354. The van der Waals surface area contributed by atoms with Crippen LogP contribution in [0.4, 0.5) is 33.6 Å². The van der Waals surface area contributed by atoms with E-state index in [1.807, 2.05) is 44.3 Å². The minimum Gasteiger partial charge on any atom is -0.359 e. The molecular formula is C24H27N9O2S. The highest BCUT2D eigenvalue weighted by molar-refractivity contribution is 7.13. The standard InChI is InChI=1S/C24H27N9O2S/c1-3-17-11-22(32-35-17)31-24(34)30-18-5-4-16(20-13-26-14-36-20)10-19(18)29-21-12-23(28-15(2)27-21)33-8-6-25-7-9-33/h4-5,10-14,25H,3,6-9H2,1-2H3,(H,27,28,29)(H2,30,31,32,34). The van der Waals surface area contributed by atoms with Gasteiger partial charge in [-0.3, -0.25) is 10.3 Å². The fourth-order valence-electron chi connectivity index (χ4n) is 3.89. The van der Waals surface area contributed by atoms with Crippen LogP contribution < -0.4 is 26.2 Å². The summed E-state index contributed by atoms with van der Waals surface area (Å²) < 4.78 is 5.17. The maximum atomic E-state index is 12.7. The van der Waals surface area contributed by atoms with Gasteiger partial charge >= 0.3 is 6.03 Å². The SMILES string of the molecule is CCc1cc(NC(=O)Nc2ccc(-c3cncs3)cc2Nc2cc(N3CCNCC3)nc(C)n2)no1. The third-order valence-corrected chi connectivity index (χ3v) is 6.48. The molecule has 36 heavy (non-hydrogen) atoms. The highest BCUT2D eigenvalue weighted by atomic mass is 32.1. The van der Waals surface area contributed by atoms with E-state index >= 15 is 0 Å². The van der Waals surface area contributed by atoms with Crippen molar-refractivity contribution in [2.24, 2.45) is 0 Å². The zero-order chi connectivity index (χ0) is 24.9. The Morgan fingerprint density at radius 3 is 2.72 bits per heavy atom. The molecule has 0 atom stereocenters. The molecule has 0 radical (unpaired) electrons. The molecule has 0 bridgehead atoms. The summed E-state index contributed by atoms with van der Waals surface area (Å²) in [6, 6.07) is 8.96. The van der Waals surface area contributed by atoms with Gasteiger partial charge in [0.25, 0.3) is 0 Å². The van der Waals surface area contributed by atoms with Gasteiger partial charge < -0.3 is 25.4 Å². The lowest BCUT2D eigenvalue weighted by Gasteiger charge is -2.28. The smallest absolute Gasteiger partial charge is 0.325 e. The Hall–Kier alpha value is -4.03. The Morgan fingerprint density at radius 2 is 1.97 bits per heavy atom. The van der Waals surface area contributed by atoms with Crippen LogP contribution in [0.1, 0.15) is 18.5 Å². The second-order valence-corrected chi connectivity index (χ2v) is 9.14. The topological polar surface area (TPSA) is 133 Å². The fraction of sp³-hybridized carbons (Fsp3) is 0.292. The molecule has 5 rings (SSSR count). The number of anilines is 5. The molecular weight excluding hydrogens is 478 g/mol. The van der Waals surface area contributed by atoms with E-state index in [0.29, 0.717) is 41.0 Å². The van der Waals surface area contributed by atoms with Crippen molar-refractivity contribution in [1.29, 1.82) is 0 Å². The Bertz CT molecular complexity index is 1330. The number of aromatic nitrogens is 4. The number of rotatable bonds is 7. The molecule has 0 aliphatic carbocycles. The van der Waals surface area contributed by atoms with Crippen LogP contribution in [-0.2, 0) is 6.42 Å². The van der Waals surface area contributed by atoms with Crippen LogP contribution in [0.3, 0.4) is 0 Å². The third-order valence-electron chi connectivity index (χ3n) is 5.66. The molecule has 1 aliphatic heterocycles. The molecule has 4 aromatic rings. The summed E-state index contributed by atoms with van der Waals surface area (Å²) in [6.07, 6.45) is 2.51. The number of hydrogen-bond donors (Lipinski definition) is 4. The van der Waals surface area contributed by atoms with E-state index < -0.39 is 6.03 Å². The van der Waals surface area contributed by atoms with Crippen molar-refractivity contribution >= 4 is 46.2 Å². The highest BCUT2D eigenvalue weighted by Gasteiger charge is 2.16. The van der Waals surface area contributed by atoms with E-state index in [2.05, 4.69) is 46.3 Å². The lowest BCUT2D eigenvalue weighted by Crippen LogP contribution is -2.44. The number of amides is 2. The lowest BCUT2D eigenvalue weighted by atomic mass is 10.1. The highest BCUT2D eigenvalue weighted by Crippen LogP contribution is 2.33. The summed E-state index contributed by atoms with van der Waals surface area (Å²) in [5.74, 6) is 3.23. The molecule has 1 saturated heterocycles. The van der Waals surface area contributed by atoms with Crippen molar-refractivity contribution < 1.29 is 9.32 Å². The van der Waals surface area contributed by atoms with Gasteiger partial charge in [0, 0.05) is 50.9 Å². The molecule has 4 N–H and O–H groups in total. The Morgan fingerprint density at radius 1 is 1.11 bits per heavy atom. The number of benzene rings is 1. The number of aryl methyl sites for hydroxylation is 2. The largest absolute Gasteiger partial charge is 0.359 e. The lowest BCUT2D eigenvalue weighted by molar-refractivity contribution is 0.262. The van der Waals surface area contributed by atoms with Gasteiger partial charge in [0.05, 0.1) is 21.8 Å². The van der Waals surface area contributed by atoms with Crippen molar-refractivity contribution in [3.63, 3.8) is 0 Å². The quantitative estimate of drug-likeness (QED) is 0.291. The Kier molecular flexibility index (Phi) is 7.05. The van der Waals surface area contributed by atoms with Crippen LogP contribution in [0, 0.1) is 6.92 Å². The van der Waals surface area contributed by atoms with Crippen LogP contribution >= 0.6 is 11.3 Å². The zero-order valence-corrected chi connectivity index (χ0v) is 20.9. The Labute approximate surface area is 212 Å². The van der Waals surface area contributed by atoms with Gasteiger partial charge in [-0.1, -0.05) is 18.1 Å². The summed E-state index contributed by atoms with van der Waals surface area (Å²) in [6.45, 7) is 7.42. The fourth-order valence-corrected chi connectivity index (χ4v) is 4.51. The van der Waals surface area contributed by atoms with E-state index in [4.69, 9.17) is 4.52 Å². The van der Waals surface area contributed by atoms with Gasteiger partial charge in [0.2, 0.25) is 0 Å². The number of nitrogens with one attached hydrogen (secondary N) is 4. The molecule has 12 heteroatoms. The van der Waals surface area contributed by atoms with Gasteiger partial charge in [-0.2, -0.15) is 0 Å². The summed E-state index contributed by atoms with van der Waals surface area (Å²) in [5.41, 5.74) is 4.04. The van der Waals surface area contributed by atoms with Gasteiger partial charge in [-0.25, -0.2) is 14.8 Å². The molecule has 11 nitrogen and oxygen atoms in total. The zero-order valence-electron chi connectivity index (χ0n) is 20.0. The van der Waals surface area contributed by atoms with Crippen molar-refractivity contribution in [2.75, 3.05) is 47.0 Å². The van der Waals surface area contributed by atoms with Crippen molar-refractivity contribution in [3.05, 3.63) is 53.6 Å². The van der Waals surface area contributed by atoms with Crippen LogP contribution in [0.2, 0.25) is 0 Å². The van der Waals surface area contributed by atoms with Gasteiger partial charge in [-0.05, 0) is 24.6 Å². The first-order valence-electron chi connectivity index (χ1n) is 11.7. The predicted molar refractivity (Wildman–Crippen MR) is 141 cm³/mol. The van der Waals surface area contributed by atoms with Crippen LogP contribution in [0.15, 0.2) is 46.6 Å². The van der Waals surface area contributed by atoms with E-state index in [1.165, 1.54) is 0 Å². The first kappa shape index (κ1) is 23.7. The van der Waals surface area contributed by atoms with Crippen molar-refractivity contribution in [3.8, 4) is 10.4 Å². The minimum atomic E-state index is -0.431. The number of urea groups is 1. The first-order valence-corrected chi connectivity index (χ1v) is 12.6. The van der Waals surface area contributed by atoms with Gasteiger partial charge in [0.15, 0.2) is 5.82 Å². The molecule has 186 valence electrons. The molecule has 0 spiro atoms. The summed E-state index contributed by atoms with van der Waals surface area (Å²) in [4.78, 5) is 29.4. The molecule has 1 aliphatic rings. The number of piperazine rings is 1. The number of thiazole rings is 1. The van der Waals surface area contributed by atoms with E-state index in [9.17, 15) is 4.79 Å². The molecule has 1 aromatic carbocycles. The summed E-state index contributed by atoms with van der Waals surface area (Å²) in [7, 11) is 0. The van der Waals surface area contributed by atoms with Crippen LogP contribution in [-0.4, -0.2) is 52.3 Å². The van der Waals surface area contributed by atoms with Crippen molar-refractivity contribution in [2.45, 2.75) is 20.3 Å². The first-order chi connectivity index (χ1) is 17.6. The third kappa shape index (κ3) is 5.61. The molecule has 2 amide bonds. The second-order valence-electron chi connectivity index (χ2n) is 8.26. The molecule has 0 unspecified atom stereocenters. The maximum Gasteiger partial charge on any atom is 0.325 e. The monoisotopic (exact) mass is 505 g/mol. The number of nitrogens with zero attached hydrogens (tertiary/aromatic N) is 5. The maximum absolute atomic E-state index is 12.7. The van der Waals surface area contributed by atoms with Crippen molar-refractivity contribution in [1.82, 2.24) is 25.4 Å². The number of carbonyl (C=O) groups is 1. The number of carbonyl (C=O) groups excluding carboxylic acids is 1. The van der Waals surface area contributed by atoms with Crippen LogP contribution in [0.5, 0.6) is 0 Å². The molecule has 4 heterocycles.